The van der Waals surface area contributed by atoms with Gasteiger partial charge in [-0.25, -0.2) is 0 Å². The van der Waals surface area contributed by atoms with Crippen molar-refractivity contribution in [1.82, 2.24) is 4.90 Å². The number of hydrogen-bond donors (Lipinski definition) is 0. The summed E-state index contributed by atoms with van der Waals surface area (Å²) in [5.41, 5.74) is -0.215. The van der Waals surface area contributed by atoms with E-state index < -0.39 is 0 Å². The highest BCUT2D eigenvalue weighted by Gasteiger charge is 2.81. The number of fused-ring (bicyclic) bond motifs is 3. The first-order chi connectivity index (χ1) is 10.0. The fraction of sp³-hybridized carbons (Fsp3) is 0.941. The second-order valence-corrected chi connectivity index (χ2v) is 8.36. The maximum atomic E-state index is 12.6. The first-order valence-electron chi connectivity index (χ1n) is 8.61. The maximum Gasteiger partial charge on any atom is 0.310 e. The minimum Gasteiger partial charge on any atom is -0.457 e. The first-order valence-corrected chi connectivity index (χ1v) is 8.61. The third-order valence-corrected chi connectivity index (χ3v) is 7.68. The number of ether oxygens (including phenoxy) is 2. The smallest absolute Gasteiger partial charge is 0.310 e. The van der Waals surface area contributed by atoms with Gasteiger partial charge in [-0.15, -0.1) is 0 Å². The lowest BCUT2D eigenvalue weighted by molar-refractivity contribution is -0.240. The maximum absolute atomic E-state index is 12.6. The van der Waals surface area contributed by atoms with Crippen molar-refractivity contribution in [3.05, 3.63) is 0 Å². The Morgan fingerprint density at radius 1 is 1.33 bits per heavy atom. The largest absolute Gasteiger partial charge is 0.457 e. The van der Waals surface area contributed by atoms with E-state index >= 15 is 0 Å². The van der Waals surface area contributed by atoms with E-state index in [1.165, 1.54) is 12.8 Å². The Kier molecular flexibility index (Phi) is 2.24. The summed E-state index contributed by atoms with van der Waals surface area (Å²) in [6.45, 7) is 9.82. The number of hydrogen-bond acceptors (Lipinski definition) is 4. The molecule has 4 nitrogen and oxygen atoms in total. The zero-order valence-corrected chi connectivity index (χ0v) is 13.2. The molecule has 2 saturated carbocycles. The van der Waals surface area contributed by atoms with Gasteiger partial charge >= 0.3 is 5.97 Å². The van der Waals surface area contributed by atoms with Crippen LogP contribution in [0.25, 0.3) is 0 Å². The Hall–Kier alpha value is -0.610. The van der Waals surface area contributed by atoms with Crippen molar-refractivity contribution in [2.75, 3.05) is 19.7 Å². The van der Waals surface area contributed by atoms with Crippen molar-refractivity contribution in [2.45, 2.75) is 45.4 Å². The van der Waals surface area contributed by atoms with E-state index in [4.69, 9.17) is 9.47 Å². The fourth-order valence-corrected chi connectivity index (χ4v) is 6.97. The molecule has 2 bridgehead atoms. The molecule has 7 atom stereocenters. The molecule has 0 amide bonds. The van der Waals surface area contributed by atoms with Gasteiger partial charge < -0.3 is 9.47 Å². The predicted octanol–water partition coefficient (Wildman–Crippen LogP) is 1.89. The molecule has 1 spiro atoms. The van der Waals surface area contributed by atoms with E-state index in [2.05, 4.69) is 25.7 Å². The van der Waals surface area contributed by atoms with Gasteiger partial charge in [0, 0.05) is 24.4 Å². The molecule has 116 valence electrons. The Bertz CT molecular complexity index is 520. The summed E-state index contributed by atoms with van der Waals surface area (Å²) in [7, 11) is 0. The van der Waals surface area contributed by atoms with Crippen LogP contribution < -0.4 is 0 Å². The Morgan fingerprint density at radius 3 is 2.90 bits per heavy atom. The highest BCUT2D eigenvalue weighted by Crippen LogP contribution is 2.72. The Balaban J connectivity index is 1.75. The van der Waals surface area contributed by atoms with E-state index in [1.807, 2.05) is 0 Å². The fourth-order valence-electron chi connectivity index (χ4n) is 6.97. The highest BCUT2D eigenvalue weighted by molar-refractivity contribution is 5.77. The minimum atomic E-state index is -0.323. The monoisotopic (exact) mass is 291 g/mol. The van der Waals surface area contributed by atoms with Crippen molar-refractivity contribution in [3.63, 3.8) is 0 Å². The number of esters is 1. The van der Waals surface area contributed by atoms with Crippen LogP contribution in [-0.2, 0) is 14.3 Å². The van der Waals surface area contributed by atoms with Gasteiger partial charge in [0.2, 0.25) is 0 Å². The number of nitrogens with zero attached hydrogens (tertiary/aromatic N) is 1. The zero-order chi connectivity index (χ0) is 14.6. The van der Waals surface area contributed by atoms with Gasteiger partial charge in [-0.1, -0.05) is 20.8 Å². The quantitative estimate of drug-likeness (QED) is 0.692. The molecule has 0 N–H and O–H groups in total. The van der Waals surface area contributed by atoms with Crippen molar-refractivity contribution in [3.8, 4) is 0 Å². The molecular weight excluding hydrogens is 266 g/mol. The van der Waals surface area contributed by atoms with Gasteiger partial charge in [-0.05, 0) is 30.6 Å². The van der Waals surface area contributed by atoms with Crippen LogP contribution in [-0.4, -0.2) is 42.4 Å². The van der Waals surface area contributed by atoms with Gasteiger partial charge in [0.15, 0.2) is 5.72 Å². The zero-order valence-electron chi connectivity index (χ0n) is 13.2. The van der Waals surface area contributed by atoms with Gasteiger partial charge in [-0.2, -0.15) is 0 Å². The average molecular weight is 291 g/mol. The molecule has 3 aliphatic heterocycles. The standard InChI is InChI=1S/C17H25NO3/c1-9(2)12-13-11-5-4-10-8-18-6-7-20-17(18,16(10,11)3)14(12)21-15(13)19/h9-14H,4-8H2,1-3H3/t10-,11+,12+,13-,14+,16+,17+/m1/s1. The second-order valence-electron chi connectivity index (χ2n) is 8.36. The average Bonchev–Trinajstić information content (AvgIpc) is 3.09. The van der Waals surface area contributed by atoms with Crippen LogP contribution in [0.4, 0.5) is 0 Å². The van der Waals surface area contributed by atoms with Crippen LogP contribution in [0.3, 0.4) is 0 Å². The summed E-state index contributed by atoms with van der Waals surface area (Å²) in [6, 6.07) is 0. The van der Waals surface area contributed by atoms with Crippen LogP contribution in [0.2, 0.25) is 0 Å². The molecule has 21 heavy (non-hydrogen) atoms. The summed E-state index contributed by atoms with van der Waals surface area (Å²) in [5, 5.41) is 0. The van der Waals surface area contributed by atoms with Crippen LogP contribution in [0.1, 0.15) is 33.6 Å². The summed E-state index contributed by atoms with van der Waals surface area (Å²) in [6.07, 6.45) is 2.38. The van der Waals surface area contributed by atoms with Crippen LogP contribution >= 0.6 is 0 Å². The molecule has 3 heterocycles. The van der Waals surface area contributed by atoms with Gasteiger partial charge in [0.1, 0.15) is 6.10 Å². The summed E-state index contributed by atoms with van der Waals surface area (Å²) >= 11 is 0. The van der Waals surface area contributed by atoms with Crippen LogP contribution in [0.5, 0.6) is 0 Å². The molecule has 4 heteroatoms. The predicted molar refractivity (Wildman–Crippen MR) is 76.3 cm³/mol. The molecule has 0 aromatic heterocycles. The van der Waals surface area contributed by atoms with E-state index in [0.717, 1.165) is 19.7 Å². The number of carbonyl (C=O) groups excluding carboxylic acids is 1. The van der Waals surface area contributed by atoms with Gasteiger partial charge in [-0.3, -0.25) is 9.69 Å². The molecule has 0 radical (unpaired) electrons. The lowest BCUT2D eigenvalue weighted by Crippen LogP contribution is -2.66. The first kappa shape index (κ1) is 12.9. The molecule has 2 aliphatic carbocycles. The normalized spacial score (nSPS) is 57.7. The highest BCUT2D eigenvalue weighted by atomic mass is 16.6. The Morgan fingerprint density at radius 2 is 2.14 bits per heavy atom. The molecule has 0 aromatic rings. The SMILES string of the molecule is CC(C)[C@H]1[C@@H]2C(=O)O[C@@H]1[C@@]13OCCN1C[C@H]1CC[C@@H]2[C@]13C. The van der Waals surface area contributed by atoms with E-state index in [9.17, 15) is 4.79 Å². The lowest BCUT2D eigenvalue weighted by Gasteiger charge is -2.55. The molecule has 5 aliphatic rings. The van der Waals surface area contributed by atoms with Gasteiger partial charge in [0.25, 0.3) is 0 Å². The van der Waals surface area contributed by atoms with E-state index in [1.54, 1.807) is 0 Å². The second kappa shape index (κ2) is 3.65. The summed E-state index contributed by atoms with van der Waals surface area (Å²) in [4.78, 5) is 15.1. The topological polar surface area (TPSA) is 38.8 Å². The number of rotatable bonds is 1. The molecule has 5 fully saturated rings. The van der Waals surface area contributed by atoms with E-state index in [0.29, 0.717) is 23.7 Å². The van der Waals surface area contributed by atoms with E-state index in [-0.39, 0.29) is 29.1 Å². The molecule has 0 aromatic carbocycles. The van der Waals surface area contributed by atoms with Crippen molar-refractivity contribution in [1.29, 1.82) is 0 Å². The van der Waals surface area contributed by atoms with Crippen molar-refractivity contribution >= 4 is 5.97 Å². The lowest BCUT2D eigenvalue weighted by atomic mass is 9.53. The molecule has 5 rings (SSSR count). The summed E-state index contributed by atoms with van der Waals surface area (Å²) < 4.78 is 12.4. The van der Waals surface area contributed by atoms with Crippen molar-refractivity contribution < 1.29 is 14.3 Å². The third kappa shape index (κ3) is 1.12. The van der Waals surface area contributed by atoms with Crippen LogP contribution in [0.15, 0.2) is 0 Å². The molecule has 0 unspecified atom stereocenters. The third-order valence-electron chi connectivity index (χ3n) is 7.68. The van der Waals surface area contributed by atoms with Gasteiger partial charge in [0.05, 0.1) is 12.5 Å². The minimum absolute atomic E-state index is 0.0538. The Labute approximate surface area is 126 Å². The number of carbonyl (C=O) groups is 1. The van der Waals surface area contributed by atoms with Crippen LogP contribution in [0, 0.1) is 35.0 Å². The van der Waals surface area contributed by atoms with Crippen molar-refractivity contribution in [2.24, 2.45) is 35.0 Å². The molecular formula is C17H25NO3. The summed E-state index contributed by atoms with van der Waals surface area (Å²) in [5.74, 6) is 2.09. The molecule has 3 saturated heterocycles.